The molecule has 0 fully saturated rings. The number of carbonyl (C=O) groups excluding carboxylic acids is 2. The number of rotatable bonds is 7. The molecular formula is C20H22N2O5S. The summed E-state index contributed by atoms with van der Waals surface area (Å²) in [5.74, 6) is -0.151. The number of hydrogen-bond donors (Lipinski definition) is 1. The van der Waals surface area contributed by atoms with Crippen molar-refractivity contribution >= 4 is 33.0 Å². The lowest BCUT2D eigenvalue weighted by Gasteiger charge is -2.14. The van der Waals surface area contributed by atoms with Gasteiger partial charge in [-0.15, -0.1) is 0 Å². The van der Waals surface area contributed by atoms with E-state index in [0.29, 0.717) is 23.5 Å². The summed E-state index contributed by atoms with van der Waals surface area (Å²) in [7, 11) is -2.11. The number of carbonyl (C=O) groups is 2. The molecule has 1 aliphatic heterocycles. The Kier molecular flexibility index (Phi) is 5.69. The predicted octanol–water partition coefficient (Wildman–Crippen LogP) is 2.41. The monoisotopic (exact) mass is 402 g/mol. The molecule has 2 aromatic rings. The molecule has 0 aliphatic carbocycles. The van der Waals surface area contributed by atoms with Crippen molar-refractivity contribution in [3.8, 4) is 5.75 Å². The van der Waals surface area contributed by atoms with E-state index in [0.717, 1.165) is 5.69 Å². The molecular weight excluding hydrogens is 380 g/mol. The van der Waals surface area contributed by atoms with Crippen molar-refractivity contribution in [2.75, 3.05) is 29.6 Å². The fraction of sp³-hybridized carbons (Fsp3) is 0.300. The minimum absolute atomic E-state index is 0.0373. The number of amides is 2. The van der Waals surface area contributed by atoms with Gasteiger partial charge in [0.2, 0.25) is 11.8 Å². The third kappa shape index (κ3) is 4.17. The number of likely N-dealkylation sites (N-methyl/N-ethyl adjacent to an activating group) is 1. The molecule has 0 saturated heterocycles. The Hall–Kier alpha value is -2.87. The second-order valence-electron chi connectivity index (χ2n) is 6.45. The number of anilines is 2. The molecule has 0 aromatic heterocycles. The second kappa shape index (κ2) is 8.02. The van der Waals surface area contributed by atoms with Gasteiger partial charge in [-0.05, 0) is 42.8 Å². The van der Waals surface area contributed by atoms with Gasteiger partial charge in [0.25, 0.3) is 0 Å². The van der Waals surface area contributed by atoms with Gasteiger partial charge in [-0.1, -0.05) is 6.07 Å². The predicted molar refractivity (Wildman–Crippen MR) is 106 cm³/mol. The number of ether oxygens (including phenoxy) is 1. The molecule has 1 heterocycles. The van der Waals surface area contributed by atoms with E-state index in [4.69, 9.17) is 4.74 Å². The van der Waals surface area contributed by atoms with Crippen molar-refractivity contribution in [2.45, 2.75) is 24.7 Å². The van der Waals surface area contributed by atoms with Gasteiger partial charge >= 0.3 is 0 Å². The van der Waals surface area contributed by atoms with Crippen LogP contribution in [-0.2, 0) is 25.8 Å². The Balaban J connectivity index is 1.66. The van der Waals surface area contributed by atoms with E-state index in [1.807, 2.05) is 6.92 Å². The van der Waals surface area contributed by atoms with Crippen LogP contribution in [0.25, 0.3) is 0 Å². The van der Waals surface area contributed by atoms with Crippen LogP contribution in [0.3, 0.4) is 0 Å². The summed E-state index contributed by atoms with van der Waals surface area (Å²) in [5.41, 5.74) is 1.99. The zero-order valence-electron chi connectivity index (χ0n) is 15.8. The van der Waals surface area contributed by atoms with Gasteiger partial charge in [-0.25, -0.2) is 8.42 Å². The van der Waals surface area contributed by atoms with E-state index in [-0.39, 0.29) is 29.4 Å². The molecule has 0 unspecified atom stereocenters. The second-order valence-corrected chi connectivity index (χ2v) is 8.56. The van der Waals surface area contributed by atoms with Crippen molar-refractivity contribution in [3.63, 3.8) is 0 Å². The Bertz CT molecular complexity index is 1020. The highest BCUT2D eigenvalue weighted by molar-refractivity contribution is 7.91. The lowest BCUT2D eigenvalue weighted by molar-refractivity contribution is -0.117. The molecule has 3 rings (SSSR count). The number of benzene rings is 2. The first-order valence-electron chi connectivity index (χ1n) is 8.94. The van der Waals surface area contributed by atoms with Crippen LogP contribution in [0.2, 0.25) is 0 Å². The zero-order chi connectivity index (χ0) is 20.3. The number of nitrogens with one attached hydrogen (secondary N) is 1. The van der Waals surface area contributed by atoms with Crippen LogP contribution in [0.15, 0.2) is 47.4 Å². The molecule has 0 saturated carbocycles. The lowest BCUT2D eigenvalue weighted by Crippen LogP contribution is -2.25. The van der Waals surface area contributed by atoms with Crippen molar-refractivity contribution in [1.29, 1.82) is 0 Å². The van der Waals surface area contributed by atoms with Gasteiger partial charge in [0.1, 0.15) is 5.75 Å². The Labute approximate surface area is 164 Å². The summed E-state index contributed by atoms with van der Waals surface area (Å²) in [5, 5.41) is 2.67. The smallest absolute Gasteiger partial charge is 0.231 e. The van der Waals surface area contributed by atoms with E-state index >= 15 is 0 Å². The quantitative estimate of drug-likeness (QED) is 0.768. The van der Waals surface area contributed by atoms with Crippen molar-refractivity contribution in [3.05, 3.63) is 48.0 Å². The SMILES string of the molecule is CCN1C(=O)Cc2cc(S(=O)(=O)CCC(=O)Nc3cccc(OC)c3)ccc21. The van der Waals surface area contributed by atoms with E-state index in [9.17, 15) is 18.0 Å². The number of fused-ring (bicyclic) bond motifs is 1. The average molecular weight is 402 g/mol. The standard InChI is InChI=1S/C20H22N2O5S/c1-3-22-18-8-7-17(11-14(18)12-20(22)24)28(25,26)10-9-19(23)21-15-5-4-6-16(13-15)27-2/h4-8,11,13H,3,9-10,12H2,1-2H3,(H,21,23). The fourth-order valence-corrected chi connectivity index (χ4v) is 4.46. The number of nitrogens with zero attached hydrogens (tertiary/aromatic N) is 1. The van der Waals surface area contributed by atoms with E-state index in [1.165, 1.54) is 19.2 Å². The van der Waals surface area contributed by atoms with E-state index < -0.39 is 15.7 Å². The minimum atomic E-state index is -3.64. The van der Waals surface area contributed by atoms with E-state index in [2.05, 4.69) is 5.32 Å². The molecule has 1 N–H and O–H groups in total. The molecule has 0 radical (unpaired) electrons. The number of methoxy groups -OCH3 is 1. The van der Waals surface area contributed by atoms with Gasteiger partial charge in [0, 0.05) is 30.4 Å². The molecule has 7 nitrogen and oxygen atoms in total. The van der Waals surface area contributed by atoms with Crippen LogP contribution < -0.4 is 15.0 Å². The summed E-state index contributed by atoms with van der Waals surface area (Å²) >= 11 is 0. The van der Waals surface area contributed by atoms with Crippen LogP contribution >= 0.6 is 0 Å². The third-order valence-corrected chi connectivity index (χ3v) is 6.32. The fourth-order valence-electron chi connectivity index (χ4n) is 3.17. The highest BCUT2D eigenvalue weighted by Gasteiger charge is 2.28. The highest BCUT2D eigenvalue weighted by Crippen LogP contribution is 2.31. The van der Waals surface area contributed by atoms with E-state index in [1.54, 1.807) is 35.2 Å². The van der Waals surface area contributed by atoms with Crippen molar-refractivity contribution in [1.82, 2.24) is 0 Å². The van der Waals surface area contributed by atoms with Gasteiger partial charge in [0.15, 0.2) is 9.84 Å². The average Bonchev–Trinajstić information content (AvgIpc) is 3.00. The maximum Gasteiger partial charge on any atom is 0.231 e. The molecule has 148 valence electrons. The van der Waals surface area contributed by atoms with Crippen LogP contribution in [0.5, 0.6) is 5.75 Å². The Morgan fingerprint density at radius 2 is 2.00 bits per heavy atom. The van der Waals surface area contributed by atoms with Crippen molar-refractivity contribution in [2.24, 2.45) is 0 Å². The lowest BCUT2D eigenvalue weighted by atomic mass is 10.2. The molecule has 0 atom stereocenters. The van der Waals surface area contributed by atoms with Crippen LogP contribution in [-0.4, -0.2) is 39.6 Å². The maximum absolute atomic E-state index is 12.6. The Morgan fingerprint density at radius 1 is 1.21 bits per heavy atom. The molecule has 0 bridgehead atoms. The molecule has 28 heavy (non-hydrogen) atoms. The summed E-state index contributed by atoms with van der Waals surface area (Å²) in [6.45, 7) is 2.42. The molecule has 2 aromatic carbocycles. The van der Waals surface area contributed by atoms with Crippen LogP contribution in [0, 0.1) is 0 Å². The molecule has 8 heteroatoms. The highest BCUT2D eigenvalue weighted by atomic mass is 32.2. The zero-order valence-corrected chi connectivity index (χ0v) is 16.6. The van der Waals surface area contributed by atoms with Gasteiger partial charge in [0.05, 0.1) is 24.2 Å². The third-order valence-electron chi connectivity index (χ3n) is 4.61. The van der Waals surface area contributed by atoms with Crippen molar-refractivity contribution < 1.29 is 22.7 Å². The number of sulfone groups is 1. The topological polar surface area (TPSA) is 92.8 Å². The summed E-state index contributed by atoms with van der Waals surface area (Å²) in [4.78, 5) is 25.9. The first kappa shape index (κ1) is 19.9. The Morgan fingerprint density at radius 3 is 2.71 bits per heavy atom. The summed E-state index contributed by atoms with van der Waals surface area (Å²) < 4.78 is 30.3. The number of hydrogen-bond acceptors (Lipinski definition) is 5. The minimum Gasteiger partial charge on any atom is -0.497 e. The van der Waals surface area contributed by atoms with Gasteiger partial charge in [-0.3, -0.25) is 9.59 Å². The molecule has 0 spiro atoms. The summed E-state index contributed by atoms with van der Waals surface area (Å²) in [6, 6.07) is 11.5. The summed E-state index contributed by atoms with van der Waals surface area (Å²) in [6.07, 6.45) is 0.0273. The largest absolute Gasteiger partial charge is 0.497 e. The van der Waals surface area contributed by atoms with Gasteiger partial charge < -0.3 is 15.0 Å². The first-order valence-corrected chi connectivity index (χ1v) is 10.6. The van der Waals surface area contributed by atoms with Crippen LogP contribution in [0.1, 0.15) is 18.9 Å². The van der Waals surface area contributed by atoms with Crippen LogP contribution in [0.4, 0.5) is 11.4 Å². The maximum atomic E-state index is 12.6. The molecule has 2 amide bonds. The molecule has 1 aliphatic rings. The normalized spacial score (nSPS) is 13.4. The van der Waals surface area contributed by atoms with Gasteiger partial charge in [-0.2, -0.15) is 0 Å². The first-order chi connectivity index (χ1) is 13.3.